The van der Waals surface area contributed by atoms with Crippen molar-refractivity contribution >= 4 is 17.6 Å². The molecule has 0 saturated heterocycles. The monoisotopic (exact) mass is 221 g/mol. The van der Waals surface area contributed by atoms with E-state index in [0.717, 1.165) is 10.2 Å². The summed E-state index contributed by atoms with van der Waals surface area (Å²) < 4.78 is 1.94. The maximum Gasteiger partial charge on any atom is 0.174 e. The molecule has 5 nitrogen and oxygen atoms in total. The fourth-order valence-electron chi connectivity index (χ4n) is 1.10. The number of nitrogen functional groups attached to an aromatic ring is 1. The normalized spacial score (nSPS) is 10.3. The van der Waals surface area contributed by atoms with Crippen LogP contribution in [0.1, 0.15) is 0 Å². The first-order valence-corrected chi connectivity index (χ1v) is 5.20. The van der Waals surface area contributed by atoms with Crippen LogP contribution < -0.4 is 11.3 Å². The summed E-state index contributed by atoms with van der Waals surface area (Å²) in [7, 11) is 1.94. The molecule has 0 fully saturated rings. The first kappa shape index (κ1) is 10.0. The number of nitrogens with zero attached hydrogens (tertiary/aromatic N) is 3. The fraction of sp³-hybridized carbons (Fsp3) is 0.111. The smallest absolute Gasteiger partial charge is 0.174 e. The van der Waals surface area contributed by atoms with Crippen LogP contribution >= 0.6 is 11.8 Å². The van der Waals surface area contributed by atoms with E-state index in [9.17, 15) is 0 Å². The van der Waals surface area contributed by atoms with Gasteiger partial charge in [0.05, 0.1) is 0 Å². The van der Waals surface area contributed by atoms with Gasteiger partial charge in [0, 0.05) is 19.4 Å². The second kappa shape index (κ2) is 4.33. The minimum Gasteiger partial charge on any atom is -0.329 e. The van der Waals surface area contributed by atoms with E-state index in [0.29, 0.717) is 5.82 Å². The molecule has 0 radical (unpaired) electrons. The maximum atomic E-state index is 5.28. The predicted octanol–water partition coefficient (Wildman–Crippen LogP) is 1.25. The average Bonchev–Trinajstić information content (AvgIpc) is 2.65. The molecular weight excluding hydrogens is 210 g/mol. The Balaban J connectivity index is 2.21. The Labute approximate surface area is 91.7 Å². The molecule has 0 amide bonds. The summed E-state index contributed by atoms with van der Waals surface area (Å²) in [5.41, 5.74) is 2.51. The van der Waals surface area contributed by atoms with Gasteiger partial charge in [-0.2, -0.15) is 0 Å². The van der Waals surface area contributed by atoms with Crippen LogP contribution in [0.15, 0.2) is 40.8 Å². The molecule has 0 aliphatic rings. The van der Waals surface area contributed by atoms with Gasteiger partial charge in [-0.15, -0.1) is 0 Å². The van der Waals surface area contributed by atoms with Gasteiger partial charge in [0.1, 0.15) is 10.8 Å². The van der Waals surface area contributed by atoms with Crippen molar-refractivity contribution in [3.8, 4) is 0 Å². The Morgan fingerprint density at radius 1 is 1.47 bits per heavy atom. The summed E-state index contributed by atoms with van der Waals surface area (Å²) >= 11 is 1.50. The quantitative estimate of drug-likeness (QED) is 0.603. The number of aromatic nitrogens is 3. The largest absolute Gasteiger partial charge is 0.329 e. The van der Waals surface area contributed by atoms with Crippen molar-refractivity contribution in [2.75, 3.05) is 5.43 Å². The number of hydrogen-bond donors (Lipinski definition) is 2. The minimum absolute atomic E-state index is 0.647. The van der Waals surface area contributed by atoms with Crippen LogP contribution in [0, 0.1) is 0 Å². The summed E-state index contributed by atoms with van der Waals surface area (Å²) in [4.78, 5) is 8.48. The number of anilines is 1. The van der Waals surface area contributed by atoms with Crippen molar-refractivity contribution in [1.82, 2.24) is 14.5 Å². The van der Waals surface area contributed by atoms with Gasteiger partial charge in [0.15, 0.2) is 5.16 Å². The lowest BCUT2D eigenvalue weighted by molar-refractivity contribution is 0.788. The Hall–Kier alpha value is -1.53. The molecule has 2 aromatic rings. The Morgan fingerprint density at radius 2 is 2.33 bits per heavy atom. The van der Waals surface area contributed by atoms with E-state index in [1.807, 2.05) is 36.0 Å². The van der Waals surface area contributed by atoms with Crippen molar-refractivity contribution in [1.29, 1.82) is 0 Å². The van der Waals surface area contributed by atoms with E-state index in [-0.39, 0.29) is 0 Å². The van der Waals surface area contributed by atoms with Crippen LogP contribution in [0.3, 0.4) is 0 Å². The summed E-state index contributed by atoms with van der Waals surface area (Å²) in [6, 6.07) is 5.62. The number of hydrogen-bond acceptors (Lipinski definition) is 5. The lowest BCUT2D eigenvalue weighted by atomic mass is 10.5. The SMILES string of the molecule is Cn1ccnc1Sc1cccc(NN)n1. The lowest BCUT2D eigenvalue weighted by Crippen LogP contribution is -2.08. The molecule has 3 N–H and O–H groups in total. The van der Waals surface area contributed by atoms with E-state index >= 15 is 0 Å². The van der Waals surface area contributed by atoms with Crippen LogP contribution in [-0.2, 0) is 7.05 Å². The number of pyridine rings is 1. The molecule has 0 atom stereocenters. The summed E-state index contributed by atoms with van der Waals surface area (Å²) in [6.07, 6.45) is 3.65. The van der Waals surface area contributed by atoms with Crippen molar-refractivity contribution in [2.24, 2.45) is 12.9 Å². The highest BCUT2D eigenvalue weighted by Crippen LogP contribution is 2.24. The van der Waals surface area contributed by atoms with Gasteiger partial charge < -0.3 is 9.99 Å². The molecule has 2 heterocycles. The fourth-order valence-corrected chi connectivity index (χ4v) is 1.89. The topological polar surface area (TPSA) is 68.8 Å². The number of nitrogens with one attached hydrogen (secondary N) is 1. The highest BCUT2D eigenvalue weighted by atomic mass is 32.2. The molecule has 0 unspecified atom stereocenters. The molecule has 0 aliphatic carbocycles. The third-order valence-corrected chi connectivity index (χ3v) is 2.86. The molecule has 0 aromatic carbocycles. The summed E-state index contributed by atoms with van der Waals surface area (Å²) in [5, 5.41) is 1.76. The van der Waals surface area contributed by atoms with Crippen LogP contribution in [0.25, 0.3) is 0 Å². The molecule has 0 bridgehead atoms. The van der Waals surface area contributed by atoms with Crippen LogP contribution in [-0.4, -0.2) is 14.5 Å². The molecular formula is C9H11N5S. The second-order valence-electron chi connectivity index (χ2n) is 2.93. The Morgan fingerprint density at radius 3 is 3.00 bits per heavy atom. The van der Waals surface area contributed by atoms with E-state index < -0.39 is 0 Å². The van der Waals surface area contributed by atoms with Gasteiger partial charge >= 0.3 is 0 Å². The molecule has 2 rings (SSSR count). The Bertz CT molecular complexity index is 453. The van der Waals surface area contributed by atoms with Gasteiger partial charge in [-0.1, -0.05) is 6.07 Å². The van der Waals surface area contributed by atoms with Gasteiger partial charge in [0.25, 0.3) is 0 Å². The first-order chi connectivity index (χ1) is 7.29. The van der Waals surface area contributed by atoms with Crippen molar-refractivity contribution in [3.63, 3.8) is 0 Å². The minimum atomic E-state index is 0.647. The zero-order valence-electron chi connectivity index (χ0n) is 8.21. The number of rotatable bonds is 3. The van der Waals surface area contributed by atoms with Gasteiger partial charge in [-0.25, -0.2) is 15.8 Å². The van der Waals surface area contributed by atoms with Gasteiger partial charge in [-0.05, 0) is 23.9 Å². The number of nitrogens with two attached hydrogens (primary N) is 1. The highest BCUT2D eigenvalue weighted by molar-refractivity contribution is 7.99. The van der Waals surface area contributed by atoms with Crippen LogP contribution in [0.4, 0.5) is 5.82 Å². The third kappa shape index (κ3) is 2.28. The summed E-state index contributed by atoms with van der Waals surface area (Å²) in [5.74, 6) is 5.93. The van der Waals surface area contributed by atoms with Crippen molar-refractivity contribution in [3.05, 3.63) is 30.6 Å². The molecule has 0 aliphatic heterocycles. The van der Waals surface area contributed by atoms with Crippen LogP contribution in [0.5, 0.6) is 0 Å². The lowest BCUT2D eigenvalue weighted by Gasteiger charge is -2.03. The van der Waals surface area contributed by atoms with Crippen molar-refractivity contribution in [2.45, 2.75) is 10.2 Å². The first-order valence-electron chi connectivity index (χ1n) is 4.38. The van der Waals surface area contributed by atoms with Crippen molar-refractivity contribution < 1.29 is 0 Å². The van der Waals surface area contributed by atoms with E-state index in [1.54, 1.807) is 6.20 Å². The molecule has 2 aromatic heterocycles. The molecule has 0 spiro atoms. The average molecular weight is 221 g/mol. The second-order valence-corrected chi connectivity index (χ2v) is 3.92. The van der Waals surface area contributed by atoms with Gasteiger partial charge in [-0.3, -0.25) is 0 Å². The zero-order valence-corrected chi connectivity index (χ0v) is 9.03. The summed E-state index contributed by atoms with van der Waals surface area (Å²) in [6.45, 7) is 0. The highest BCUT2D eigenvalue weighted by Gasteiger charge is 2.03. The standard InChI is InChI=1S/C9H11N5S/c1-14-6-5-11-9(14)15-8-4-2-3-7(12-8)13-10/h2-6H,10H2,1H3,(H,12,13). The van der Waals surface area contributed by atoms with E-state index in [2.05, 4.69) is 15.4 Å². The van der Waals surface area contributed by atoms with Gasteiger partial charge in [0.2, 0.25) is 0 Å². The zero-order chi connectivity index (χ0) is 10.7. The maximum absolute atomic E-state index is 5.28. The molecule has 0 saturated carbocycles. The molecule has 15 heavy (non-hydrogen) atoms. The predicted molar refractivity (Wildman–Crippen MR) is 59.4 cm³/mol. The Kier molecular flexibility index (Phi) is 2.89. The number of hydrazine groups is 1. The number of imidazole rings is 1. The third-order valence-electron chi connectivity index (χ3n) is 1.84. The molecule has 6 heteroatoms. The number of aryl methyl sites for hydroxylation is 1. The molecule has 78 valence electrons. The van der Waals surface area contributed by atoms with Crippen LogP contribution in [0.2, 0.25) is 0 Å². The van der Waals surface area contributed by atoms with E-state index in [1.165, 1.54) is 11.8 Å². The van der Waals surface area contributed by atoms with E-state index in [4.69, 9.17) is 5.84 Å².